The molecule has 6 nitrogen and oxygen atoms in total. The van der Waals surface area contributed by atoms with Gasteiger partial charge in [-0.05, 0) is 24.2 Å². The van der Waals surface area contributed by atoms with Crippen molar-refractivity contribution in [2.45, 2.75) is 13.0 Å². The van der Waals surface area contributed by atoms with E-state index in [1.54, 1.807) is 18.2 Å². The number of hydrogen-bond acceptors (Lipinski definition) is 5. The van der Waals surface area contributed by atoms with Gasteiger partial charge in [0.25, 0.3) is 0 Å². The van der Waals surface area contributed by atoms with Crippen molar-refractivity contribution in [3.8, 4) is 0 Å². The summed E-state index contributed by atoms with van der Waals surface area (Å²) in [6, 6.07) is 5.12. The van der Waals surface area contributed by atoms with Gasteiger partial charge in [0, 0.05) is 13.1 Å². The summed E-state index contributed by atoms with van der Waals surface area (Å²) in [4.78, 5) is 15.6. The molecular formula is C13H18N2O4. The molecule has 1 heterocycles. The number of hydrogen-bond donors (Lipinski definition) is 3. The van der Waals surface area contributed by atoms with E-state index < -0.39 is 11.9 Å². The molecule has 1 aromatic carbocycles. The Bertz CT molecular complexity index is 590. The summed E-state index contributed by atoms with van der Waals surface area (Å²) in [6.45, 7) is 3.73. The highest BCUT2D eigenvalue weighted by molar-refractivity contribution is 5.72. The first-order chi connectivity index (χ1) is 9.13. The average molecular weight is 266 g/mol. The Morgan fingerprint density at radius 2 is 2.26 bits per heavy atom. The molecule has 6 heteroatoms. The Morgan fingerprint density at radius 1 is 1.47 bits per heavy atom. The summed E-state index contributed by atoms with van der Waals surface area (Å²) in [7, 11) is 0. The van der Waals surface area contributed by atoms with Crippen molar-refractivity contribution >= 4 is 11.1 Å². The summed E-state index contributed by atoms with van der Waals surface area (Å²) >= 11 is 0. The number of aliphatic hydroxyl groups is 2. The molecule has 0 aliphatic heterocycles. The van der Waals surface area contributed by atoms with Crippen molar-refractivity contribution in [3.63, 3.8) is 0 Å². The first kappa shape index (κ1) is 13.8. The fourth-order valence-corrected chi connectivity index (χ4v) is 2.04. The second-order valence-corrected chi connectivity index (χ2v) is 4.40. The van der Waals surface area contributed by atoms with Crippen LogP contribution in [0, 0.1) is 0 Å². The number of oxazole rings is 1. The minimum atomic E-state index is -0.684. The lowest BCUT2D eigenvalue weighted by atomic mass is 10.1. The minimum Gasteiger partial charge on any atom is -0.408 e. The fraction of sp³-hybridized carbons (Fsp3) is 0.462. The number of aromatic amines is 1. The molecule has 2 aromatic rings. The molecule has 0 amide bonds. The number of likely N-dealkylation sites (N-methyl/N-ethyl adjacent to an activating group) is 1. The normalized spacial score (nSPS) is 13.3. The first-order valence-corrected chi connectivity index (χ1v) is 6.28. The SMILES string of the molecule is CCN(CCO)CC(O)c1ccc2[nH]c(=O)oc2c1. The number of benzene rings is 1. The topological polar surface area (TPSA) is 89.7 Å². The van der Waals surface area contributed by atoms with E-state index in [0.29, 0.717) is 29.8 Å². The van der Waals surface area contributed by atoms with Gasteiger partial charge in [0.15, 0.2) is 5.58 Å². The van der Waals surface area contributed by atoms with Gasteiger partial charge < -0.3 is 14.6 Å². The van der Waals surface area contributed by atoms with E-state index in [1.807, 2.05) is 11.8 Å². The third-order valence-electron chi connectivity index (χ3n) is 3.12. The quantitative estimate of drug-likeness (QED) is 0.707. The average Bonchev–Trinajstić information content (AvgIpc) is 2.76. The standard InChI is InChI=1S/C13H18N2O4/c1-2-15(5-6-16)8-11(17)9-3-4-10-12(7-9)19-13(18)14-10/h3-4,7,11,16-17H,2,5-6,8H2,1H3,(H,14,18). The minimum absolute atomic E-state index is 0.0618. The molecule has 2 rings (SSSR count). The highest BCUT2D eigenvalue weighted by atomic mass is 16.4. The first-order valence-electron chi connectivity index (χ1n) is 6.28. The molecule has 0 saturated carbocycles. The molecular weight excluding hydrogens is 248 g/mol. The maximum absolute atomic E-state index is 11.1. The number of fused-ring (bicyclic) bond motifs is 1. The second-order valence-electron chi connectivity index (χ2n) is 4.40. The molecule has 0 spiro atoms. The molecule has 0 fully saturated rings. The number of rotatable bonds is 6. The number of aliphatic hydroxyl groups excluding tert-OH is 2. The van der Waals surface area contributed by atoms with E-state index in [-0.39, 0.29) is 6.61 Å². The molecule has 0 bridgehead atoms. The van der Waals surface area contributed by atoms with Crippen LogP contribution in [0.5, 0.6) is 0 Å². The molecule has 0 saturated heterocycles. The monoisotopic (exact) mass is 266 g/mol. The van der Waals surface area contributed by atoms with Gasteiger partial charge in [-0.15, -0.1) is 0 Å². The van der Waals surface area contributed by atoms with E-state index in [4.69, 9.17) is 9.52 Å². The molecule has 1 unspecified atom stereocenters. The van der Waals surface area contributed by atoms with E-state index >= 15 is 0 Å². The summed E-state index contributed by atoms with van der Waals surface area (Å²) in [5, 5.41) is 19.1. The van der Waals surface area contributed by atoms with Crippen LogP contribution in [-0.2, 0) is 0 Å². The Morgan fingerprint density at radius 3 is 2.95 bits per heavy atom. The summed E-state index contributed by atoms with van der Waals surface area (Å²) < 4.78 is 4.96. The van der Waals surface area contributed by atoms with Crippen LogP contribution in [0.3, 0.4) is 0 Å². The summed E-state index contributed by atoms with van der Waals surface area (Å²) in [5.74, 6) is -0.503. The van der Waals surface area contributed by atoms with Gasteiger partial charge in [0.1, 0.15) is 0 Å². The van der Waals surface area contributed by atoms with Crippen LogP contribution in [0.4, 0.5) is 0 Å². The van der Waals surface area contributed by atoms with Crippen LogP contribution < -0.4 is 5.76 Å². The molecule has 3 N–H and O–H groups in total. The van der Waals surface area contributed by atoms with Crippen LogP contribution in [0.15, 0.2) is 27.4 Å². The van der Waals surface area contributed by atoms with Gasteiger partial charge in [-0.2, -0.15) is 0 Å². The maximum atomic E-state index is 11.1. The smallest absolute Gasteiger partial charge is 0.408 e. The zero-order valence-electron chi connectivity index (χ0n) is 10.8. The summed E-state index contributed by atoms with van der Waals surface area (Å²) in [6.07, 6.45) is -0.684. The predicted molar refractivity (Wildman–Crippen MR) is 71.0 cm³/mol. The Hall–Kier alpha value is -1.63. The molecule has 1 aromatic heterocycles. The van der Waals surface area contributed by atoms with Crippen LogP contribution in [-0.4, -0.2) is 46.3 Å². The largest absolute Gasteiger partial charge is 0.417 e. The molecule has 0 aliphatic carbocycles. The lowest BCUT2D eigenvalue weighted by Crippen LogP contribution is -2.31. The highest BCUT2D eigenvalue weighted by Gasteiger charge is 2.13. The Kier molecular flexibility index (Phi) is 4.36. The van der Waals surface area contributed by atoms with E-state index in [2.05, 4.69) is 4.98 Å². The Labute approximate surface area is 110 Å². The number of nitrogens with one attached hydrogen (secondary N) is 1. The van der Waals surface area contributed by atoms with Crippen molar-refractivity contribution in [2.24, 2.45) is 0 Å². The molecule has 104 valence electrons. The van der Waals surface area contributed by atoms with Crippen LogP contribution in [0.1, 0.15) is 18.6 Å². The summed E-state index contributed by atoms with van der Waals surface area (Å²) in [5.41, 5.74) is 1.74. The van der Waals surface area contributed by atoms with E-state index in [9.17, 15) is 9.90 Å². The van der Waals surface area contributed by atoms with Gasteiger partial charge in [-0.25, -0.2) is 4.79 Å². The highest BCUT2D eigenvalue weighted by Crippen LogP contribution is 2.19. The number of aromatic nitrogens is 1. The zero-order chi connectivity index (χ0) is 13.8. The molecule has 1 atom stereocenters. The van der Waals surface area contributed by atoms with Crippen molar-refractivity contribution in [1.82, 2.24) is 9.88 Å². The van der Waals surface area contributed by atoms with Crippen molar-refractivity contribution < 1.29 is 14.6 Å². The number of nitrogens with zero attached hydrogens (tertiary/aromatic N) is 1. The second kappa shape index (κ2) is 6.01. The van der Waals surface area contributed by atoms with Crippen LogP contribution >= 0.6 is 0 Å². The van der Waals surface area contributed by atoms with Crippen molar-refractivity contribution in [1.29, 1.82) is 0 Å². The molecule has 19 heavy (non-hydrogen) atoms. The van der Waals surface area contributed by atoms with Gasteiger partial charge in [-0.3, -0.25) is 9.88 Å². The van der Waals surface area contributed by atoms with Crippen molar-refractivity contribution in [2.75, 3.05) is 26.2 Å². The predicted octanol–water partition coefficient (Wildman–Crippen LogP) is 0.469. The van der Waals surface area contributed by atoms with Gasteiger partial charge >= 0.3 is 5.76 Å². The van der Waals surface area contributed by atoms with Gasteiger partial charge in [0.05, 0.1) is 18.2 Å². The lowest BCUT2D eigenvalue weighted by Gasteiger charge is -2.22. The third kappa shape index (κ3) is 3.23. The van der Waals surface area contributed by atoms with Crippen molar-refractivity contribution in [3.05, 3.63) is 34.3 Å². The molecule has 0 radical (unpaired) electrons. The zero-order valence-corrected chi connectivity index (χ0v) is 10.8. The third-order valence-corrected chi connectivity index (χ3v) is 3.12. The van der Waals surface area contributed by atoms with Crippen LogP contribution in [0.25, 0.3) is 11.1 Å². The van der Waals surface area contributed by atoms with Gasteiger partial charge in [-0.1, -0.05) is 13.0 Å². The maximum Gasteiger partial charge on any atom is 0.417 e. The van der Waals surface area contributed by atoms with E-state index in [0.717, 1.165) is 6.54 Å². The fourth-order valence-electron chi connectivity index (χ4n) is 2.04. The van der Waals surface area contributed by atoms with E-state index in [1.165, 1.54) is 0 Å². The van der Waals surface area contributed by atoms with Crippen LogP contribution in [0.2, 0.25) is 0 Å². The molecule has 0 aliphatic rings. The number of H-pyrrole nitrogens is 1. The van der Waals surface area contributed by atoms with Gasteiger partial charge in [0.2, 0.25) is 0 Å². The Balaban J connectivity index is 2.15. The lowest BCUT2D eigenvalue weighted by molar-refractivity contribution is 0.103.